The molecule has 2 rings (SSSR count). The molecule has 112 valence electrons. The molecule has 2 heterocycles. The maximum Gasteiger partial charge on any atom is 0.266 e. The molecule has 0 aromatic carbocycles. The quantitative estimate of drug-likeness (QED) is 0.918. The molecule has 0 bridgehead atoms. The number of thiophene rings is 1. The monoisotopic (exact) mass is 323 g/mol. The predicted octanol–water partition coefficient (Wildman–Crippen LogP) is 2.52. The van der Waals surface area contributed by atoms with Gasteiger partial charge in [0, 0.05) is 17.0 Å². The first-order valence-corrected chi connectivity index (χ1v) is 8.25. The van der Waals surface area contributed by atoms with E-state index in [2.05, 4.69) is 4.98 Å². The third kappa shape index (κ3) is 3.48. The van der Waals surface area contributed by atoms with Crippen LogP contribution in [0.5, 0.6) is 0 Å². The molecule has 0 saturated carbocycles. The van der Waals surface area contributed by atoms with Crippen molar-refractivity contribution in [3.63, 3.8) is 0 Å². The predicted molar refractivity (Wildman–Crippen MR) is 85.5 cm³/mol. The number of amides is 2. The first-order chi connectivity index (χ1) is 9.90. The van der Waals surface area contributed by atoms with Gasteiger partial charge in [-0.25, -0.2) is 4.98 Å². The second kappa shape index (κ2) is 6.36. The van der Waals surface area contributed by atoms with E-state index in [1.165, 1.54) is 16.2 Å². The van der Waals surface area contributed by atoms with E-state index in [1.54, 1.807) is 11.3 Å². The van der Waals surface area contributed by atoms with Gasteiger partial charge in [0.2, 0.25) is 5.91 Å². The Morgan fingerprint density at radius 2 is 2.14 bits per heavy atom. The third-order valence-electron chi connectivity index (χ3n) is 2.97. The largest absolute Gasteiger partial charge is 0.368 e. The van der Waals surface area contributed by atoms with Gasteiger partial charge in [-0.1, -0.05) is 0 Å². The fourth-order valence-corrected chi connectivity index (χ4v) is 3.63. The van der Waals surface area contributed by atoms with Crippen LogP contribution in [0.1, 0.15) is 29.2 Å². The van der Waals surface area contributed by atoms with Crippen LogP contribution in [0.3, 0.4) is 0 Å². The number of aromatic nitrogens is 1. The van der Waals surface area contributed by atoms with Crippen molar-refractivity contribution in [3.05, 3.63) is 27.4 Å². The molecule has 0 radical (unpaired) electrons. The number of aryl methyl sites for hydroxylation is 1. The SMILES string of the molecule is Cc1nc(-c2ccsc2)sc1C(=O)N(CC(N)=O)C(C)C. The van der Waals surface area contributed by atoms with E-state index in [4.69, 9.17) is 5.73 Å². The van der Waals surface area contributed by atoms with Gasteiger partial charge in [0.25, 0.3) is 5.91 Å². The number of hydrogen-bond donors (Lipinski definition) is 1. The second-order valence-corrected chi connectivity index (χ2v) is 6.72. The Morgan fingerprint density at radius 3 is 2.67 bits per heavy atom. The van der Waals surface area contributed by atoms with Crippen molar-refractivity contribution in [2.45, 2.75) is 26.8 Å². The molecule has 5 nitrogen and oxygen atoms in total. The highest BCUT2D eigenvalue weighted by atomic mass is 32.1. The van der Waals surface area contributed by atoms with Crippen LogP contribution in [-0.2, 0) is 4.79 Å². The number of carbonyl (C=O) groups excluding carboxylic acids is 2. The van der Waals surface area contributed by atoms with Crippen molar-refractivity contribution in [1.82, 2.24) is 9.88 Å². The Bertz CT molecular complexity index is 647. The van der Waals surface area contributed by atoms with Crippen LogP contribution in [0.4, 0.5) is 0 Å². The summed E-state index contributed by atoms with van der Waals surface area (Å²) in [5.74, 6) is -0.711. The van der Waals surface area contributed by atoms with Crippen LogP contribution in [0.15, 0.2) is 16.8 Å². The number of rotatable bonds is 5. The maximum atomic E-state index is 12.6. The molecule has 0 saturated heterocycles. The summed E-state index contributed by atoms with van der Waals surface area (Å²) in [5.41, 5.74) is 6.92. The zero-order valence-electron chi connectivity index (χ0n) is 12.1. The summed E-state index contributed by atoms with van der Waals surface area (Å²) < 4.78 is 0. The molecule has 2 aromatic heterocycles. The molecule has 21 heavy (non-hydrogen) atoms. The Balaban J connectivity index is 2.32. The highest BCUT2D eigenvalue weighted by Gasteiger charge is 2.25. The standard InChI is InChI=1S/C14H17N3O2S2/c1-8(2)17(6-11(15)18)14(19)12-9(3)16-13(21-12)10-4-5-20-7-10/h4-5,7-8H,6H2,1-3H3,(H2,15,18). The van der Waals surface area contributed by atoms with Gasteiger partial charge in [-0.15, -0.1) is 11.3 Å². The second-order valence-electron chi connectivity index (χ2n) is 4.94. The minimum atomic E-state index is -0.516. The van der Waals surface area contributed by atoms with Crippen LogP contribution < -0.4 is 5.73 Å². The number of hydrogen-bond acceptors (Lipinski definition) is 5. The third-order valence-corrected chi connectivity index (χ3v) is 4.85. The number of thiazole rings is 1. The fraction of sp³-hybridized carbons (Fsp3) is 0.357. The first-order valence-electron chi connectivity index (χ1n) is 6.49. The van der Waals surface area contributed by atoms with E-state index in [0.29, 0.717) is 10.6 Å². The molecular formula is C14H17N3O2S2. The molecule has 0 aliphatic rings. The minimum absolute atomic E-state index is 0.0817. The molecule has 2 amide bonds. The van der Waals surface area contributed by atoms with Crippen LogP contribution in [0.2, 0.25) is 0 Å². The normalized spacial score (nSPS) is 10.9. The number of nitrogens with two attached hydrogens (primary N) is 1. The zero-order valence-corrected chi connectivity index (χ0v) is 13.8. The lowest BCUT2D eigenvalue weighted by Gasteiger charge is -2.24. The Hall–Kier alpha value is -1.73. The lowest BCUT2D eigenvalue weighted by atomic mass is 10.2. The van der Waals surface area contributed by atoms with Gasteiger partial charge in [0.15, 0.2) is 0 Å². The minimum Gasteiger partial charge on any atom is -0.368 e. The van der Waals surface area contributed by atoms with E-state index >= 15 is 0 Å². The highest BCUT2D eigenvalue weighted by molar-refractivity contribution is 7.17. The van der Waals surface area contributed by atoms with E-state index in [1.807, 2.05) is 37.6 Å². The van der Waals surface area contributed by atoms with Gasteiger partial charge in [-0.2, -0.15) is 11.3 Å². The number of nitrogens with zero attached hydrogens (tertiary/aromatic N) is 2. The fourth-order valence-electron chi connectivity index (χ4n) is 1.89. The summed E-state index contributed by atoms with van der Waals surface area (Å²) in [5, 5.41) is 4.79. The van der Waals surface area contributed by atoms with Crippen molar-refractivity contribution in [3.8, 4) is 10.6 Å². The van der Waals surface area contributed by atoms with Gasteiger partial charge in [-0.05, 0) is 32.2 Å². The van der Waals surface area contributed by atoms with Crippen LogP contribution in [-0.4, -0.2) is 34.3 Å². The molecule has 2 N–H and O–H groups in total. The topological polar surface area (TPSA) is 76.3 Å². The van der Waals surface area contributed by atoms with E-state index in [9.17, 15) is 9.59 Å². The molecule has 0 aliphatic carbocycles. The highest BCUT2D eigenvalue weighted by Crippen LogP contribution is 2.30. The van der Waals surface area contributed by atoms with E-state index < -0.39 is 5.91 Å². The Kier molecular flexibility index (Phi) is 4.74. The van der Waals surface area contributed by atoms with Crippen molar-refractivity contribution in [2.24, 2.45) is 5.73 Å². The maximum absolute atomic E-state index is 12.6. The molecule has 7 heteroatoms. The van der Waals surface area contributed by atoms with Gasteiger partial charge >= 0.3 is 0 Å². The molecule has 0 spiro atoms. The molecule has 0 aliphatic heterocycles. The average Bonchev–Trinajstić information content (AvgIpc) is 3.03. The van der Waals surface area contributed by atoms with E-state index in [-0.39, 0.29) is 18.5 Å². The molecule has 0 fully saturated rings. The van der Waals surface area contributed by atoms with Crippen LogP contribution in [0, 0.1) is 6.92 Å². The zero-order chi connectivity index (χ0) is 15.6. The van der Waals surface area contributed by atoms with Crippen LogP contribution >= 0.6 is 22.7 Å². The number of primary amides is 1. The summed E-state index contributed by atoms with van der Waals surface area (Å²) >= 11 is 2.94. The Labute approximate surface area is 131 Å². The molecular weight excluding hydrogens is 306 g/mol. The average molecular weight is 323 g/mol. The smallest absolute Gasteiger partial charge is 0.266 e. The molecule has 0 atom stereocenters. The van der Waals surface area contributed by atoms with Crippen molar-refractivity contribution in [1.29, 1.82) is 0 Å². The van der Waals surface area contributed by atoms with Crippen molar-refractivity contribution in [2.75, 3.05) is 6.54 Å². The van der Waals surface area contributed by atoms with Crippen LogP contribution in [0.25, 0.3) is 10.6 Å². The molecule has 2 aromatic rings. The van der Waals surface area contributed by atoms with Gasteiger partial charge < -0.3 is 10.6 Å². The summed E-state index contributed by atoms with van der Waals surface area (Å²) in [6.07, 6.45) is 0. The van der Waals surface area contributed by atoms with Gasteiger partial charge in [-0.3, -0.25) is 9.59 Å². The molecule has 0 unspecified atom stereocenters. The Morgan fingerprint density at radius 1 is 1.43 bits per heavy atom. The lowest BCUT2D eigenvalue weighted by Crippen LogP contribution is -2.42. The van der Waals surface area contributed by atoms with Gasteiger partial charge in [0.1, 0.15) is 9.88 Å². The lowest BCUT2D eigenvalue weighted by molar-refractivity contribution is -0.119. The van der Waals surface area contributed by atoms with E-state index in [0.717, 1.165) is 10.6 Å². The first kappa shape index (κ1) is 15.7. The summed E-state index contributed by atoms with van der Waals surface area (Å²) in [6.45, 7) is 5.44. The summed E-state index contributed by atoms with van der Waals surface area (Å²) in [7, 11) is 0. The summed E-state index contributed by atoms with van der Waals surface area (Å²) in [6, 6.07) is 1.87. The summed E-state index contributed by atoms with van der Waals surface area (Å²) in [4.78, 5) is 30.3. The number of carbonyl (C=O) groups is 2. The van der Waals surface area contributed by atoms with Gasteiger partial charge in [0.05, 0.1) is 12.2 Å². The van der Waals surface area contributed by atoms with Crippen molar-refractivity contribution >= 4 is 34.5 Å². The van der Waals surface area contributed by atoms with Crippen molar-refractivity contribution < 1.29 is 9.59 Å².